The Kier molecular flexibility index (Phi) is 2.85. The molecule has 11 heavy (non-hydrogen) atoms. The molecule has 1 aliphatic carbocycles. The number of halogens is 1. The molecule has 1 saturated carbocycles. The number of carboxylic acid groups (broad SMARTS) is 1. The molecule has 1 fully saturated rings. The van der Waals surface area contributed by atoms with Crippen LogP contribution in [-0.2, 0) is 4.79 Å². The van der Waals surface area contributed by atoms with E-state index in [9.17, 15) is 9.18 Å². The molecule has 1 rings (SSSR count). The van der Waals surface area contributed by atoms with Crippen LogP contribution in [0, 0.1) is 5.92 Å². The second-order valence-corrected chi connectivity index (χ2v) is 3.14. The minimum absolute atomic E-state index is 0.0195. The fourth-order valence-electron chi connectivity index (χ4n) is 1.63. The lowest BCUT2D eigenvalue weighted by Gasteiger charge is -2.09. The lowest BCUT2D eigenvalue weighted by molar-refractivity contribution is -0.137. The summed E-state index contributed by atoms with van der Waals surface area (Å²) >= 11 is 0. The minimum atomic E-state index is -0.816. The molecule has 0 amide bonds. The van der Waals surface area contributed by atoms with Crippen molar-refractivity contribution in [3.05, 3.63) is 0 Å². The van der Waals surface area contributed by atoms with Crippen LogP contribution in [-0.4, -0.2) is 17.2 Å². The number of rotatable bonds is 3. The number of hydrogen-bond acceptors (Lipinski definition) is 1. The van der Waals surface area contributed by atoms with Gasteiger partial charge in [0, 0.05) is 6.42 Å². The predicted octanol–water partition coefficient (Wildman–Crippen LogP) is 1.99. The van der Waals surface area contributed by atoms with Crippen LogP contribution in [0.15, 0.2) is 0 Å². The third-order valence-corrected chi connectivity index (χ3v) is 2.30. The molecule has 0 saturated heterocycles. The molecule has 0 unspecified atom stereocenters. The van der Waals surface area contributed by atoms with E-state index in [2.05, 4.69) is 0 Å². The van der Waals surface area contributed by atoms with Gasteiger partial charge in [0.1, 0.15) is 6.17 Å². The van der Waals surface area contributed by atoms with E-state index in [4.69, 9.17) is 5.11 Å². The predicted molar refractivity (Wildman–Crippen MR) is 39.1 cm³/mol. The highest BCUT2D eigenvalue weighted by molar-refractivity contribution is 5.66. The van der Waals surface area contributed by atoms with Gasteiger partial charge in [0.2, 0.25) is 0 Å². The molecule has 0 aromatic carbocycles. The molecule has 0 spiro atoms. The second-order valence-electron chi connectivity index (χ2n) is 3.14. The van der Waals surface area contributed by atoms with E-state index in [1.165, 1.54) is 0 Å². The van der Waals surface area contributed by atoms with Crippen molar-refractivity contribution in [2.45, 2.75) is 38.3 Å². The lowest BCUT2D eigenvalue weighted by Crippen LogP contribution is -2.10. The van der Waals surface area contributed by atoms with E-state index in [1.54, 1.807) is 0 Å². The third kappa shape index (κ3) is 2.48. The second kappa shape index (κ2) is 3.69. The van der Waals surface area contributed by atoms with Crippen LogP contribution in [0.4, 0.5) is 4.39 Å². The molecule has 0 bridgehead atoms. The Labute approximate surface area is 65.4 Å². The van der Waals surface area contributed by atoms with Gasteiger partial charge in [-0.25, -0.2) is 4.39 Å². The highest BCUT2D eigenvalue weighted by Crippen LogP contribution is 2.31. The van der Waals surface area contributed by atoms with E-state index in [1.807, 2.05) is 0 Å². The highest BCUT2D eigenvalue weighted by atomic mass is 19.1. The Morgan fingerprint density at radius 1 is 1.55 bits per heavy atom. The first-order chi connectivity index (χ1) is 5.20. The number of hydrogen-bond donors (Lipinski definition) is 1. The molecule has 1 aliphatic rings. The fraction of sp³-hybridized carbons (Fsp3) is 0.875. The average Bonchev–Trinajstić information content (AvgIpc) is 2.31. The van der Waals surface area contributed by atoms with Crippen molar-refractivity contribution >= 4 is 5.97 Å². The smallest absolute Gasteiger partial charge is 0.303 e. The summed E-state index contributed by atoms with van der Waals surface area (Å²) in [6.07, 6.45) is 2.31. The maximum atomic E-state index is 12.8. The standard InChI is InChI=1S/C8H13FO2/c9-7-3-1-2-6(7)4-5-8(10)11/h6-7H,1-5H2,(H,10,11)/t6-,7+/m0/s1. The van der Waals surface area contributed by atoms with E-state index < -0.39 is 12.1 Å². The van der Waals surface area contributed by atoms with Crippen LogP contribution in [0.1, 0.15) is 32.1 Å². The van der Waals surface area contributed by atoms with Crippen LogP contribution in [0.3, 0.4) is 0 Å². The Balaban J connectivity index is 2.20. The van der Waals surface area contributed by atoms with Gasteiger partial charge < -0.3 is 5.11 Å². The first-order valence-corrected chi connectivity index (χ1v) is 4.06. The number of carbonyl (C=O) groups is 1. The Morgan fingerprint density at radius 2 is 2.27 bits per heavy atom. The molecule has 2 nitrogen and oxygen atoms in total. The SMILES string of the molecule is O=C(O)CC[C@@H]1CCC[C@H]1F. The maximum Gasteiger partial charge on any atom is 0.303 e. The summed E-state index contributed by atoms with van der Waals surface area (Å²) < 4.78 is 12.8. The average molecular weight is 160 g/mol. The molecule has 2 atom stereocenters. The molecule has 1 N–H and O–H groups in total. The molecule has 0 aromatic rings. The number of alkyl halides is 1. The Hall–Kier alpha value is -0.600. The summed E-state index contributed by atoms with van der Waals surface area (Å²) in [7, 11) is 0. The number of carboxylic acids is 1. The quantitative estimate of drug-likeness (QED) is 0.685. The first-order valence-electron chi connectivity index (χ1n) is 4.06. The van der Waals surface area contributed by atoms with Gasteiger partial charge in [0.05, 0.1) is 0 Å². The molecule has 0 radical (unpaired) electrons. The van der Waals surface area contributed by atoms with Gasteiger partial charge in [0.15, 0.2) is 0 Å². The summed E-state index contributed by atoms with van der Waals surface area (Å²) in [5.41, 5.74) is 0. The molecule has 0 aliphatic heterocycles. The zero-order valence-electron chi connectivity index (χ0n) is 6.42. The molecular formula is C8H13FO2. The molecule has 64 valence electrons. The van der Waals surface area contributed by atoms with Crippen molar-refractivity contribution in [1.82, 2.24) is 0 Å². The summed E-state index contributed by atoms with van der Waals surface area (Å²) in [6.45, 7) is 0. The fourth-order valence-corrected chi connectivity index (χ4v) is 1.63. The van der Waals surface area contributed by atoms with Gasteiger partial charge in [0.25, 0.3) is 0 Å². The van der Waals surface area contributed by atoms with Gasteiger partial charge in [-0.3, -0.25) is 4.79 Å². The van der Waals surface area contributed by atoms with Crippen molar-refractivity contribution in [1.29, 1.82) is 0 Å². The molecule has 3 heteroatoms. The largest absolute Gasteiger partial charge is 0.481 e. The zero-order chi connectivity index (χ0) is 8.27. The van der Waals surface area contributed by atoms with Gasteiger partial charge in [-0.1, -0.05) is 6.42 Å². The van der Waals surface area contributed by atoms with E-state index in [0.29, 0.717) is 12.8 Å². The van der Waals surface area contributed by atoms with Crippen LogP contribution in [0.2, 0.25) is 0 Å². The summed E-state index contributed by atoms with van der Waals surface area (Å²) in [6, 6.07) is 0. The summed E-state index contributed by atoms with van der Waals surface area (Å²) in [5, 5.41) is 8.34. The molecule has 0 heterocycles. The van der Waals surface area contributed by atoms with Gasteiger partial charge in [-0.05, 0) is 25.2 Å². The van der Waals surface area contributed by atoms with Crippen molar-refractivity contribution in [3.63, 3.8) is 0 Å². The van der Waals surface area contributed by atoms with E-state index in [0.717, 1.165) is 12.8 Å². The number of aliphatic carboxylic acids is 1. The summed E-state index contributed by atoms with van der Waals surface area (Å²) in [4.78, 5) is 10.1. The van der Waals surface area contributed by atoms with Crippen LogP contribution in [0.5, 0.6) is 0 Å². The van der Waals surface area contributed by atoms with Crippen LogP contribution < -0.4 is 0 Å². The normalized spacial score (nSPS) is 30.6. The zero-order valence-corrected chi connectivity index (χ0v) is 6.42. The first kappa shape index (κ1) is 8.50. The molecular weight excluding hydrogens is 147 g/mol. The monoisotopic (exact) mass is 160 g/mol. The third-order valence-electron chi connectivity index (χ3n) is 2.30. The van der Waals surface area contributed by atoms with Gasteiger partial charge in [-0.2, -0.15) is 0 Å². The minimum Gasteiger partial charge on any atom is -0.481 e. The van der Waals surface area contributed by atoms with E-state index in [-0.39, 0.29) is 12.3 Å². The Bertz CT molecular complexity index is 147. The van der Waals surface area contributed by atoms with Gasteiger partial charge in [-0.15, -0.1) is 0 Å². The van der Waals surface area contributed by atoms with Gasteiger partial charge >= 0.3 is 5.97 Å². The Morgan fingerprint density at radius 3 is 2.73 bits per heavy atom. The summed E-state index contributed by atoms with van der Waals surface area (Å²) in [5.74, 6) is -0.796. The lowest BCUT2D eigenvalue weighted by atomic mass is 10.0. The molecule has 0 aromatic heterocycles. The van der Waals surface area contributed by atoms with Crippen molar-refractivity contribution in [2.75, 3.05) is 0 Å². The van der Waals surface area contributed by atoms with Crippen molar-refractivity contribution in [2.24, 2.45) is 5.92 Å². The highest BCUT2D eigenvalue weighted by Gasteiger charge is 2.26. The topological polar surface area (TPSA) is 37.3 Å². The maximum absolute atomic E-state index is 12.8. The van der Waals surface area contributed by atoms with E-state index >= 15 is 0 Å². The van der Waals surface area contributed by atoms with Crippen LogP contribution in [0.25, 0.3) is 0 Å². The van der Waals surface area contributed by atoms with Crippen LogP contribution >= 0.6 is 0 Å². The van der Waals surface area contributed by atoms with Crippen molar-refractivity contribution < 1.29 is 14.3 Å². The van der Waals surface area contributed by atoms with Crippen molar-refractivity contribution in [3.8, 4) is 0 Å².